The second kappa shape index (κ2) is 11.0. The number of halogens is 2. The summed E-state index contributed by atoms with van der Waals surface area (Å²) in [5.74, 6) is -1.42. The van der Waals surface area contributed by atoms with Crippen molar-refractivity contribution in [1.82, 2.24) is 20.8 Å². The quantitative estimate of drug-likeness (QED) is 0.156. The molecule has 0 aliphatic heterocycles. The number of carbonyl (C=O) groups is 2. The van der Waals surface area contributed by atoms with Crippen LogP contribution < -0.4 is 16.1 Å². The van der Waals surface area contributed by atoms with Gasteiger partial charge in [-0.1, -0.05) is 0 Å². The molecule has 3 heterocycles. The highest BCUT2D eigenvalue weighted by molar-refractivity contribution is 14.1. The average molecular weight is 575 g/mol. The third kappa shape index (κ3) is 5.66. The van der Waals surface area contributed by atoms with Crippen molar-refractivity contribution < 1.29 is 23.2 Å². The van der Waals surface area contributed by atoms with Gasteiger partial charge in [0, 0.05) is 40.5 Å². The number of nitrogens with one attached hydrogen (secondary N) is 3. The van der Waals surface area contributed by atoms with Crippen LogP contribution in [0.4, 0.5) is 15.8 Å². The lowest BCUT2D eigenvalue weighted by atomic mass is 10.2. The maximum atomic E-state index is 14.4. The second-order valence-corrected chi connectivity index (χ2v) is 8.30. The summed E-state index contributed by atoms with van der Waals surface area (Å²) in [6, 6.07) is 9.52. The number of rotatable bonds is 9. The van der Waals surface area contributed by atoms with E-state index in [0.717, 1.165) is 3.57 Å². The summed E-state index contributed by atoms with van der Waals surface area (Å²) in [6.45, 7) is 0.505. The van der Waals surface area contributed by atoms with Crippen molar-refractivity contribution in [2.24, 2.45) is 0 Å². The van der Waals surface area contributed by atoms with Gasteiger partial charge in [0.1, 0.15) is 17.1 Å². The Labute approximate surface area is 207 Å². The molecule has 34 heavy (non-hydrogen) atoms. The Bertz CT molecular complexity index is 1320. The lowest BCUT2D eigenvalue weighted by Crippen LogP contribution is -2.28. The normalized spacial score (nSPS) is 10.8. The molecule has 0 aliphatic carbocycles. The SMILES string of the molecule is O=C(NCCCONC(=O)c1oc2ccncc2c1Nc1ccc(I)cc1F)c1ccncc1. The van der Waals surface area contributed by atoms with Crippen molar-refractivity contribution in [1.29, 1.82) is 0 Å². The first-order valence-electron chi connectivity index (χ1n) is 10.2. The standard InChI is InChI=1S/C23H19FIN5O4/c24-17-12-15(25)2-3-18(17)29-20-16-13-27-10-6-19(16)34-21(20)23(32)30-33-11-1-7-28-22(31)14-4-8-26-9-5-14/h2-6,8-10,12-13,29H,1,7,11H2,(H,28,31)(H,30,32). The van der Waals surface area contributed by atoms with E-state index in [1.165, 1.54) is 30.9 Å². The van der Waals surface area contributed by atoms with Gasteiger partial charge in [-0.25, -0.2) is 9.87 Å². The lowest BCUT2D eigenvalue weighted by Gasteiger charge is -2.09. The van der Waals surface area contributed by atoms with Crippen molar-refractivity contribution in [3.05, 3.63) is 81.9 Å². The van der Waals surface area contributed by atoms with Crippen molar-refractivity contribution >= 4 is 56.7 Å². The molecule has 4 rings (SSSR count). The smallest absolute Gasteiger partial charge is 0.312 e. The van der Waals surface area contributed by atoms with Gasteiger partial charge in [0.25, 0.3) is 5.91 Å². The predicted octanol–water partition coefficient (Wildman–Crippen LogP) is 4.19. The van der Waals surface area contributed by atoms with E-state index >= 15 is 0 Å². The molecule has 0 fully saturated rings. The van der Waals surface area contributed by atoms with E-state index in [4.69, 9.17) is 9.25 Å². The van der Waals surface area contributed by atoms with Crippen LogP contribution in [0.2, 0.25) is 0 Å². The predicted molar refractivity (Wildman–Crippen MR) is 131 cm³/mol. The van der Waals surface area contributed by atoms with Crippen LogP contribution in [0.5, 0.6) is 0 Å². The molecule has 1 aromatic carbocycles. The molecule has 0 aliphatic rings. The van der Waals surface area contributed by atoms with E-state index in [9.17, 15) is 14.0 Å². The van der Waals surface area contributed by atoms with Crippen LogP contribution in [0.25, 0.3) is 11.0 Å². The Morgan fingerprint density at radius 1 is 1.06 bits per heavy atom. The Morgan fingerprint density at radius 2 is 1.85 bits per heavy atom. The molecule has 2 amide bonds. The monoisotopic (exact) mass is 575 g/mol. The Morgan fingerprint density at radius 3 is 2.65 bits per heavy atom. The average Bonchev–Trinajstić information content (AvgIpc) is 3.22. The van der Waals surface area contributed by atoms with Crippen molar-refractivity contribution in [2.45, 2.75) is 6.42 Å². The Hall–Kier alpha value is -3.58. The van der Waals surface area contributed by atoms with Gasteiger partial charge in [-0.05, 0) is 65.4 Å². The van der Waals surface area contributed by atoms with E-state index in [-0.39, 0.29) is 29.6 Å². The van der Waals surface area contributed by atoms with Gasteiger partial charge in [0.05, 0.1) is 17.7 Å². The summed E-state index contributed by atoms with van der Waals surface area (Å²) in [5.41, 5.74) is 3.70. The third-order valence-electron chi connectivity index (χ3n) is 4.70. The highest BCUT2D eigenvalue weighted by atomic mass is 127. The van der Waals surface area contributed by atoms with Crippen LogP contribution in [-0.4, -0.2) is 34.9 Å². The molecular formula is C23H19FIN5O4. The van der Waals surface area contributed by atoms with Crippen LogP contribution in [0.15, 0.2) is 65.6 Å². The molecule has 0 spiro atoms. The minimum atomic E-state index is -0.648. The number of furan rings is 1. The number of hydrogen-bond acceptors (Lipinski definition) is 7. The number of fused-ring (bicyclic) bond motifs is 1. The van der Waals surface area contributed by atoms with Crippen molar-refractivity contribution in [2.75, 3.05) is 18.5 Å². The maximum Gasteiger partial charge on any atom is 0.312 e. The fraction of sp³-hybridized carbons (Fsp3) is 0.130. The highest BCUT2D eigenvalue weighted by Gasteiger charge is 2.22. The second-order valence-electron chi connectivity index (χ2n) is 7.05. The number of hydroxylamine groups is 1. The van der Waals surface area contributed by atoms with Crippen LogP contribution in [-0.2, 0) is 4.84 Å². The zero-order valence-electron chi connectivity index (χ0n) is 17.7. The molecule has 3 N–H and O–H groups in total. The highest BCUT2D eigenvalue weighted by Crippen LogP contribution is 2.33. The zero-order valence-corrected chi connectivity index (χ0v) is 19.8. The van der Waals surface area contributed by atoms with Crippen molar-refractivity contribution in [3.63, 3.8) is 0 Å². The number of nitrogens with zero attached hydrogens (tertiary/aromatic N) is 2. The number of benzene rings is 1. The van der Waals surface area contributed by atoms with E-state index in [1.807, 2.05) is 22.6 Å². The number of pyridine rings is 2. The van der Waals surface area contributed by atoms with Gasteiger partial charge in [0.15, 0.2) is 0 Å². The summed E-state index contributed by atoms with van der Waals surface area (Å²) >= 11 is 2.01. The molecule has 0 radical (unpaired) electrons. The number of anilines is 2. The first-order valence-corrected chi connectivity index (χ1v) is 11.3. The molecule has 0 atom stereocenters. The zero-order chi connectivity index (χ0) is 23.9. The number of carbonyl (C=O) groups excluding carboxylic acids is 2. The van der Waals surface area contributed by atoms with Crippen LogP contribution in [0, 0.1) is 9.39 Å². The summed E-state index contributed by atoms with van der Waals surface area (Å²) in [4.78, 5) is 37.9. The minimum absolute atomic E-state index is 0.0769. The summed E-state index contributed by atoms with van der Waals surface area (Å²) < 4.78 is 20.8. The first-order chi connectivity index (χ1) is 16.5. The summed E-state index contributed by atoms with van der Waals surface area (Å²) in [7, 11) is 0. The van der Waals surface area contributed by atoms with Gasteiger partial charge in [-0.15, -0.1) is 0 Å². The molecule has 0 saturated carbocycles. The topological polar surface area (TPSA) is 118 Å². The Balaban J connectivity index is 1.36. The number of amides is 2. The fourth-order valence-corrected chi connectivity index (χ4v) is 3.52. The van der Waals surface area contributed by atoms with Crippen LogP contribution in [0.3, 0.4) is 0 Å². The van der Waals surface area contributed by atoms with Gasteiger partial charge in [0.2, 0.25) is 5.76 Å². The molecular weight excluding hydrogens is 556 g/mol. The lowest BCUT2D eigenvalue weighted by molar-refractivity contribution is 0.0283. The fourth-order valence-electron chi connectivity index (χ4n) is 3.07. The van der Waals surface area contributed by atoms with E-state index in [1.54, 1.807) is 30.3 Å². The molecule has 11 heteroatoms. The molecule has 0 bridgehead atoms. The summed E-state index contributed by atoms with van der Waals surface area (Å²) in [6.07, 6.45) is 6.59. The van der Waals surface area contributed by atoms with Gasteiger partial charge in [-0.3, -0.25) is 24.4 Å². The van der Waals surface area contributed by atoms with Gasteiger partial charge < -0.3 is 15.1 Å². The number of aromatic nitrogens is 2. The van der Waals surface area contributed by atoms with Crippen molar-refractivity contribution in [3.8, 4) is 0 Å². The minimum Gasteiger partial charge on any atom is -0.448 e. The molecule has 9 nitrogen and oxygen atoms in total. The van der Waals surface area contributed by atoms with Gasteiger partial charge >= 0.3 is 5.91 Å². The third-order valence-corrected chi connectivity index (χ3v) is 5.37. The summed E-state index contributed by atoms with van der Waals surface area (Å²) in [5, 5.41) is 6.20. The van der Waals surface area contributed by atoms with E-state index < -0.39 is 11.7 Å². The van der Waals surface area contributed by atoms with E-state index in [0.29, 0.717) is 29.5 Å². The largest absolute Gasteiger partial charge is 0.448 e. The first kappa shape index (κ1) is 23.6. The van der Waals surface area contributed by atoms with Crippen LogP contribution >= 0.6 is 22.6 Å². The van der Waals surface area contributed by atoms with E-state index in [2.05, 4.69) is 26.1 Å². The molecule has 3 aromatic heterocycles. The Kier molecular flexibility index (Phi) is 7.65. The molecule has 0 unspecified atom stereocenters. The van der Waals surface area contributed by atoms with Crippen LogP contribution in [0.1, 0.15) is 27.3 Å². The molecule has 0 saturated heterocycles. The maximum absolute atomic E-state index is 14.4. The van der Waals surface area contributed by atoms with Gasteiger partial charge in [-0.2, -0.15) is 0 Å². The molecule has 174 valence electrons. The molecule has 4 aromatic rings. The number of hydrogen-bond donors (Lipinski definition) is 3.